The third-order valence-corrected chi connectivity index (χ3v) is 8.59. The first kappa shape index (κ1) is 32.3. The number of hydrogen-bond acceptors (Lipinski definition) is 3. The smallest absolute Gasteiger partial charge is 0.241 e. The number of amidine groups is 1. The molecule has 0 bridgehead atoms. The van der Waals surface area contributed by atoms with E-state index in [0.717, 1.165) is 22.6 Å². The molecule has 5 nitrogen and oxygen atoms in total. The largest absolute Gasteiger partial charge is 0.387 e. The van der Waals surface area contributed by atoms with E-state index < -0.39 is 10.0 Å². The first-order valence-electron chi connectivity index (χ1n) is 14.1. The summed E-state index contributed by atoms with van der Waals surface area (Å²) in [5.41, 5.74) is 10.6. The Morgan fingerprint density at radius 1 is 1.08 bits per heavy atom. The SMILES string of the molecule is C=Cc1ccccc1C(CC)NS(=O)(=O)c1ccc(/C(=C/C)N=C(C)N)cc1.CC/C=C(/C)C1CCCCC1. The zero-order valence-corrected chi connectivity index (χ0v) is 25.2. The van der Waals surface area contributed by atoms with E-state index in [-0.39, 0.29) is 10.9 Å². The summed E-state index contributed by atoms with van der Waals surface area (Å²) in [5.74, 6) is 1.38. The number of sulfonamides is 1. The highest BCUT2D eigenvalue weighted by Crippen LogP contribution is 2.29. The molecule has 0 aromatic heterocycles. The molecule has 6 heteroatoms. The van der Waals surface area contributed by atoms with Gasteiger partial charge in [-0.05, 0) is 81.2 Å². The first-order valence-corrected chi connectivity index (χ1v) is 15.6. The van der Waals surface area contributed by atoms with Crippen molar-refractivity contribution in [2.75, 3.05) is 0 Å². The van der Waals surface area contributed by atoms with Gasteiger partial charge >= 0.3 is 0 Å². The van der Waals surface area contributed by atoms with Gasteiger partial charge in [0.25, 0.3) is 0 Å². The Labute approximate surface area is 237 Å². The van der Waals surface area contributed by atoms with E-state index in [1.165, 1.54) is 38.5 Å². The summed E-state index contributed by atoms with van der Waals surface area (Å²) in [6.07, 6.45) is 15.1. The van der Waals surface area contributed by atoms with Gasteiger partial charge in [0.05, 0.1) is 16.4 Å². The summed E-state index contributed by atoms with van der Waals surface area (Å²) in [5, 5.41) is 0. The summed E-state index contributed by atoms with van der Waals surface area (Å²) in [6.45, 7) is 13.9. The van der Waals surface area contributed by atoms with Gasteiger partial charge in [0.1, 0.15) is 0 Å². The maximum Gasteiger partial charge on any atom is 0.241 e. The van der Waals surface area contributed by atoms with Crippen molar-refractivity contribution in [1.29, 1.82) is 0 Å². The van der Waals surface area contributed by atoms with E-state index in [0.29, 0.717) is 18.0 Å². The predicted molar refractivity (Wildman–Crippen MR) is 168 cm³/mol. The summed E-state index contributed by atoms with van der Waals surface area (Å²) in [7, 11) is -3.68. The van der Waals surface area contributed by atoms with Crippen molar-refractivity contribution in [1.82, 2.24) is 4.72 Å². The Kier molecular flexibility index (Phi) is 13.4. The maximum absolute atomic E-state index is 12.9. The maximum atomic E-state index is 12.9. The first-order chi connectivity index (χ1) is 18.7. The minimum Gasteiger partial charge on any atom is -0.387 e. The van der Waals surface area contributed by atoms with Crippen molar-refractivity contribution in [2.24, 2.45) is 16.6 Å². The molecule has 1 saturated carbocycles. The fraction of sp³-hybridized carbons (Fsp3) is 0.424. The minimum absolute atomic E-state index is 0.203. The van der Waals surface area contributed by atoms with Gasteiger partial charge < -0.3 is 5.73 Å². The molecule has 1 fully saturated rings. The van der Waals surface area contributed by atoms with Crippen LogP contribution in [0.15, 0.2) is 82.7 Å². The second-order valence-corrected chi connectivity index (χ2v) is 11.8. The van der Waals surface area contributed by atoms with Crippen LogP contribution in [0.5, 0.6) is 0 Å². The van der Waals surface area contributed by atoms with Crippen LogP contribution in [0.25, 0.3) is 11.8 Å². The van der Waals surface area contributed by atoms with Gasteiger partial charge in [0.15, 0.2) is 0 Å². The number of rotatable bonds is 10. The molecule has 0 saturated heterocycles. The fourth-order valence-electron chi connectivity index (χ4n) is 4.97. The topological polar surface area (TPSA) is 84.5 Å². The average molecular weight is 550 g/mol. The van der Waals surface area contributed by atoms with Crippen LogP contribution in [-0.4, -0.2) is 14.3 Å². The quantitative estimate of drug-likeness (QED) is 0.177. The lowest BCUT2D eigenvalue weighted by Crippen LogP contribution is -2.28. The van der Waals surface area contributed by atoms with Crippen molar-refractivity contribution >= 4 is 27.6 Å². The molecule has 1 aliphatic carbocycles. The molecule has 1 atom stereocenters. The van der Waals surface area contributed by atoms with E-state index in [1.807, 2.05) is 44.2 Å². The van der Waals surface area contributed by atoms with Gasteiger partial charge in [-0.15, -0.1) is 0 Å². The van der Waals surface area contributed by atoms with Crippen LogP contribution in [-0.2, 0) is 10.0 Å². The standard InChI is InChI=1S/C22H27N3O2S.C11H20/c1-5-17-10-8-9-11-20(17)22(7-3)25-28(26,27)19-14-12-18(13-15-19)21(6-2)24-16(4)23;1-3-7-10(2)11-8-5-4-6-9-11/h5-6,8-15,22,25H,1,7H2,2-4H3,(H2,23,24);7,11H,3-6,8-9H2,1-2H3/b21-6-;10-7-. The van der Waals surface area contributed by atoms with Crippen LogP contribution in [0.3, 0.4) is 0 Å². The van der Waals surface area contributed by atoms with E-state index in [1.54, 1.807) is 42.8 Å². The molecule has 1 unspecified atom stereocenters. The van der Waals surface area contributed by atoms with Crippen LogP contribution >= 0.6 is 0 Å². The molecule has 212 valence electrons. The van der Waals surface area contributed by atoms with Crippen LogP contribution in [0.2, 0.25) is 0 Å². The number of benzene rings is 2. The zero-order chi connectivity index (χ0) is 28.8. The van der Waals surface area contributed by atoms with Crippen molar-refractivity contribution in [3.63, 3.8) is 0 Å². The number of nitrogens with two attached hydrogens (primary N) is 1. The van der Waals surface area contributed by atoms with Crippen molar-refractivity contribution < 1.29 is 8.42 Å². The van der Waals surface area contributed by atoms with Crippen LogP contribution in [0.4, 0.5) is 0 Å². The molecule has 0 heterocycles. The lowest BCUT2D eigenvalue weighted by Gasteiger charge is -2.22. The van der Waals surface area contributed by atoms with E-state index in [4.69, 9.17) is 5.73 Å². The molecule has 3 N–H and O–H groups in total. The van der Waals surface area contributed by atoms with Gasteiger partial charge in [-0.1, -0.05) is 99.9 Å². The fourth-order valence-corrected chi connectivity index (χ4v) is 6.27. The van der Waals surface area contributed by atoms with Gasteiger partial charge in [-0.2, -0.15) is 0 Å². The van der Waals surface area contributed by atoms with Crippen LogP contribution in [0, 0.1) is 5.92 Å². The second-order valence-electron chi connectivity index (χ2n) is 10.1. The van der Waals surface area contributed by atoms with Crippen LogP contribution in [0.1, 0.15) is 102 Å². The lowest BCUT2D eigenvalue weighted by molar-refractivity contribution is 0.402. The van der Waals surface area contributed by atoms with Crippen molar-refractivity contribution in [2.45, 2.75) is 90.5 Å². The molecular weight excluding hydrogens is 502 g/mol. The number of allylic oxidation sites excluding steroid dienone is 3. The number of nitrogens with zero attached hydrogens (tertiary/aromatic N) is 1. The molecular formula is C33H47N3O2S. The van der Waals surface area contributed by atoms with E-state index in [9.17, 15) is 8.42 Å². The average Bonchev–Trinajstić information content (AvgIpc) is 2.95. The molecule has 0 aliphatic heterocycles. The molecule has 0 spiro atoms. The summed E-state index contributed by atoms with van der Waals surface area (Å²) >= 11 is 0. The monoisotopic (exact) mass is 549 g/mol. The molecule has 2 aromatic rings. The Morgan fingerprint density at radius 2 is 1.72 bits per heavy atom. The summed E-state index contributed by atoms with van der Waals surface area (Å²) in [6, 6.07) is 13.9. The van der Waals surface area contributed by atoms with Crippen molar-refractivity contribution in [3.05, 3.63) is 89.5 Å². The molecule has 1 aliphatic rings. The Bertz CT molecular complexity index is 1250. The number of nitrogens with one attached hydrogen (secondary N) is 1. The highest BCUT2D eigenvalue weighted by molar-refractivity contribution is 7.89. The number of hydrogen-bond donors (Lipinski definition) is 2. The molecule has 0 radical (unpaired) electrons. The second kappa shape index (κ2) is 16.2. The third-order valence-electron chi connectivity index (χ3n) is 7.10. The number of aliphatic imine (C=N–C) groups is 1. The normalized spacial score (nSPS) is 16.3. The molecule has 3 rings (SSSR count). The Balaban J connectivity index is 0.000000404. The summed E-state index contributed by atoms with van der Waals surface area (Å²) < 4.78 is 28.6. The summed E-state index contributed by atoms with van der Waals surface area (Å²) in [4.78, 5) is 4.46. The Hall–Kier alpha value is -2.96. The predicted octanol–water partition coefficient (Wildman–Crippen LogP) is 8.42. The van der Waals surface area contributed by atoms with Crippen molar-refractivity contribution in [3.8, 4) is 0 Å². The Morgan fingerprint density at radius 3 is 2.26 bits per heavy atom. The molecule has 0 amide bonds. The van der Waals surface area contributed by atoms with Gasteiger partial charge in [0, 0.05) is 6.04 Å². The van der Waals surface area contributed by atoms with Gasteiger partial charge in [0.2, 0.25) is 10.0 Å². The third kappa shape index (κ3) is 9.94. The minimum atomic E-state index is -3.68. The zero-order valence-electron chi connectivity index (χ0n) is 24.4. The molecule has 39 heavy (non-hydrogen) atoms. The highest BCUT2D eigenvalue weighted by atomic mass is 32.2. The molecule has 2 aromatic carbocycles. The van der Waals surface area contributed by atoms with E-state index in [2.05, 4.69) is 36.2 Å². The van der Waals surface area contributed by atoms with E-state index >= 15 is 0 Å². The van der Waals surface area contributed by atoms with Gasteiger partial charge in [-0.25, -0.2) is 18.1 Å². The highest BCUT2D eigenvalue weighted by Gasteiger charge is 2.21. The van der Waals surface area contributed by atoms with Gasteiger partial charge in [-0.3, -0.25) is 0 Å². The lowest BCUT2D eigenvalue weighted by atomic mass is 9.84. The van der Waals surface area contributed by atoms with Crippen LogP contribution < -0.4 is 10.5 Å².